The second-order valence-corrected chi connectivity index (χ2v) is 5.58. The molecule has 0 amide bonds. The van der Waals surface area contributed by atoms with Gasteiger partial charge in [0.15, 0.2) is 16.3 Å². The van der Waals surface area contributed by atoms with Gasteiger partial charge in [-0.2, -0.15) is 0 Å². The smallest absolute Gasteiger partial charge is 0.309 e. The lowest BCUT2D eigenvalue weighted by Gasteiger charge is -2.06. The second kappa shape index (κ2) is 5.70. The molecule has 0 unspecified atom stereocenters. The van der Waals surface area contributed by atoms with Crippen LogP contribution < -0.4 is 11.2 Å². The van der Waals surface area contributed by atoms with E-state index in [4.69, 9.17) is 0 Å². The van der Waals surface area contributed by atoms with Crippen molar-refractivity contribution in [3.05, 3.63) is 33.5 Å². The first-order chi connectivity index (χ1) is 9.52. The molecule has 20 heavy (non-hydrogen) atoms. The van der Waals surface area contributed by atoms with Crippen molar-refractivity contribution in [2.75, 3.05) is 5.75 Å². The molecule has 0 aliphatic heterocycles. The number of imidazole rings is 1. The number of hydrogen-bond acceptors (Lipinski definition) is 4. The van der Waals surface area contributed by atoms with E-state index in [1.54, 1.807) is 24.9 Å². The molecular formula is C13H18N4O2S. The van der Waals surface area contributed by atoms with Crippen molar-refractivity contribution >= 4 is 22.9 Å². The fourth-order valence-corrected chi connectivity index (χ4v) is 2.89. The van der Waals surface area contributed by atoms with Crippen LogP contribution in [0.3, 0.4) is 0 Å². The molecule has 2 aromatic rings. The standard InChI is InChI=1S/C13H18N4O2S/c1-5-7-17-9-10(14-12(17)20-8-6-2)15(3)13(19)16(4)11(9)18/h5H,1,6-8H2,2-4H3. The van der Waals surface area contributed by atoms with Crippen LogP contribution in [0.5, 0.6) is 0 Å². The third-order valence-electron chi connectivity index (χ3n) is 3.06. The number of rotatable bonds is 5. The molecule has 0 radical (unpaired) electrons. The quantitative estimate of drug-likeness (QED) is 0.612. The topological polar surface area (TPSA) is 61.8 Å². The van der Waals surface area contributed by atoms with Crippen LogP contribution in [0, 0.1) is 0 Å². The molecule has 7 heteroatoms. The fraction of sp³-hybridized carbons (Fsp3) is 0.462. The number of aryl methyl sites for hydroxylation is 1. The number of hydrogen-bond donors (Lipinski definition) is 0. The Labute approximate surface area is 120 Å². The first kappa shape index (κ1) is 14.6. The van der Waals surface area contributed by atoms with Crippen LogP contribution in [0.15, 0.2) is 27.4 Å². The lowest BCUT2D eigenvalue weighted by atomic mass is 10.5. The molecule has 0 N–H and O–H groups in total. The molecular weight excluding hydrogens is 276 g/mol. The van der Waals surface area contributed by atoms with Crippen LogP contribution in [-0.4, -0.2) is 24.4 Å². The maximum Gasteiger partial charge on any atom is 0.332 e. The molecule has 0 saturated carbocycles. The maximum atomic E-state index is 12.3. The first-order valence-corrected chi connectivity index (χ1v) is 7.41. The molecule has 0 bridgehead atoms. The van der Waals surface area contributed by atoms with Crippen molar-refractivity contribution in [1.29, 1.82) is 0 Å². The molecule has 0 aliphatic rings. The average molecular weight is 294 g/mol. The third kappa shape index (κ3) is 2.22. The highest BCUT2D eigenvalue weighted by Crippen LogP contribution is 2.22. The predicted octanol–water partition coefficient (Wildman–Crippen LogP) is 1.12. The Hall–Kier alpha value is -1.76. The van der Waals surface area contributed by atoms with Crippen LogP contribution in [0.25, 0.3) is 11.2 Å². The number of nitrogens with zero attached hydrogens (tertiary/aromatic N) is 4. The van der Waals surface area contributed by atoms with Gasteiger partial charge in [-0.25, -0.2) is 9.78 Å². The summed E-state index contributed by atoms with van der Waals surface area (Å²) in [6.07, 6.45) is 2.74. The summed E-state index contributed by atoms with van der Waals surface area (Å²) in [6, 6.07) is 0. The molecule has 0 aromatic carbocycles. The van der Waals surface area contributed by atoms with Crippen molar-refractivity contribution in [1.82, 2.24) is 18.7 Å². The largest absolute Gasteiger partial charge is 0.332 e. The number of thioether (sulfide) groups is 1. The normalized spacial score (nSPS) is 11.2. The minimum Gasteiger partial charge on any atom is -0.309 e. The van der Waals surface area contributed by atoms with E-state index < -0.39 is 0 Å². The van der Waals surface area contributed by atoms with E-state index in [-0.39, 0.29) is 11.2 Å². The zero-order chi connectivity index (χ0) is 14.9. The summed E-state index contributed by atoms with van der Waals surface area (Å²) in [7, 11) is 3.11. The van der Waals surface area contributed by atoms with Crippen LogP contribution in [0.4, 0.5) is 0 Å². The van der Waals surface area contributed by atoms with Gasteiger partial charge in [0.25, 0.3) is 5.56 Å². The van der Waals surface area contributed by atoms with E-state index in [1.165, 1.54) is 11.6 Å². The summed E-state index contributed by atoms with van der Waals surface area (Å²) in [4.78, 5) is 28.7. The van der Waals surface area contributed by atoms with E-state index >= 15 is 0 Å². The van der Waals surface area contributed by atoms with E-state index in [2.05, 4.69) is 18.5 Å². The fourth-order valence-electron chi connectivity index (χ4n) is 2.03. The number of allylic oxidation sites excluding steroid dienone is 1. The second-order valence-electron chi connectivity index (χ2n) is 4.52. The van der Waals surface area contributed by atoms with Gasteiger partial charge in [0.2, 0.25) is 0 Å². The highest BCUT2D eigenvalue weighted by Gasteiger charge is 2.18. The zero-order valence-corrected chi connectivity index (χ0v) is 12.7. The SMILES string of the molecule is C=CCn1c(SCCC)nc2c1c(=O)n(C)c(=O)n2C. The molecule has 2 heterocycles. The minimum atomic E-state index is -0.363. The molecule has 0 aliphatic carbocycles. The van der Waals surface area contributed by atoms with Gasteiger partial charge in [0.05, 0.1) is 0 Å². The lowest BCUT2D eigenvalue weighted by Crippen LogP contribution is -2.37. The van der Waals surface area contributed by atoms with Crippen molar-refractivity contribution in [3.63, 3.8) is 0 Å². The first-order valence-electron chi connectivity index (χ1n) is 6.42. The molecule has 0 fully saturated rings. The number of fused-ring (bicyclic) bond motifs is 1. The minimum absolute atomic E-state index is 0.319. The summed E-state index contributed by atoms with van der Waals surface area (Å²) < 4.78 is 4.34. The predicted molar refractivity (Wildman–Crippen MR) is 81.4 cm³/mol. The van der Waals surface area contributed by atoms with E-state index in [9.17, 15) is 9.59 Å². The van der Waals surface area contributed by atoms with Crippen LogP contribution >= 0.6 is 11.8 Å². The van der Waals surface area contributed by atoms with Crippen LogP contribution in [0.2, 0.25) is 0 Å². The molecule has 2 aromatic heterocycles. The van der Waals surface area contributed by atoms with Crippen LogP contribution in [-0.2, 0) is 20.6 Å². The van der Waals surface area contributed by atoms with Crippen molar-refractivity contribution in [2.24, 2.45) is 14.1 Å². The Morgan fingerprint density at radius 3 is 2.60 bits per heavy atom. The number of aromatic nitrogens is 4. The zero-order valence-electron chi connectivity index (χ0n) is 11.9. The highest BCUT2D eigenvalue weighted by atomic mass is 32.2. The molecule has 2 rings (SSSR count). The van der Waals surface area contributed by atoms with Gasteiger partial charge in [0, 0.05) is 26.4 Å². The summed E-state index contributed by atoms with van der Waals surface area (Å²) in [6.45, 7) is 6.30. The van der Waals surface area contributed by atoms with Crippen LogP contribution in [0.1, 0.15) is 13.3 Å². The maximum absolute atomic E-state index is 12.3. The molecule has 0 saturated heterocycles. The Balaban J connectivity index is 2.84. The third-order valence-corrected chi connectivity index (χ3v) is 4.24. The van der Waals surface area contributed by atoms with Crippen molar-refractivity contribution in [3.8, 4) is 0 Å². The van der Waals surface area contributed by atoms with Gasteiger partial charge in [0.1, 0.15) is 0 Å². The average Bonchev–Trinajstić information content (AvgIpc) is 2.80. The van der Waals surface area contributed by atoms with Crippen molar-refractivity contribution in [2.45, 2.75) is 25.0 Å². The van der Waals surface area contributed by atoms with E-state index in [0.29, 0.717) is 17.7 Å². The van der Waals surface area contributed by atoms with E-state index in [0.717, 1.165) is 21.9 Å². The van der Waals surface area contributed by atoms with Gasteiger partial charge in [-0.1, -0.05) is 24.8 Å². The van der Waals surface area contributed by atoms with Gasteiger partial charge in [-0.3, -0.25) is 13.9 Å². The van der Waals surface area contributed by atoms with Gasteiger partial charge < -0.3 is 4.57 Å². The highest BCUT2D eigenvalue weighted by molar-refractivity contribution is 7.99. The Kier molecular flexibility index (Phi) is 4.17. The molecule has 6 nitrogen and oxygen atoms in total. The Morgan fingerprint density at radius 2 is 2.00 bits per heavy atom. The lowest BCUT2D eigenvalue weighted by molar-refractivity contribution is 0.700. The van der Waals surface area contributed by atoms with Gasteiger partial charge in [-0.15, -0.1) is 6.58 Å². The monoisotopic (exact) mass is 294 g/mol. The van der Waals surface area contributed by atoms with Gasteiger partial charge >= 0.3 is 5.69 Å². The summed E-state index contributed by atoms with van der Waals surface area (Å²) in [5, 5.41) is 0.750. The molecule has 108 valence electrons. The molecule has 0 atom stereocenters. The summed E-state index contributed by atoms with van der Waals surface area (Å²) >= 11 is 1.58. The summed E-state index contributed by atoms with van der Waals surface area (Å²) in [5.74, 6) is 0.911. The molecule has 0 spiro atoms. The Morgan fingerprint density at radius 1 is 1.30 bits per heavy atom. The van der Waals surface area contributed by atoms with E-state index in [1.807, 2.05) is 4.57 Å². The van der Waals surface area contributed by atoms with Gasteiger partial charge in [-0.05, 0) is 6.42 Å². The summed E-state index contributed by atoms with van der Waals surface area (Å²) in [5.41, 5.74) is 0.199. The Bertz CT molecular complexity index is 769. The van der Waals surface area contributed by atoms with Crippen molar-refractivity contribution < 1.29 is 0 Å².